The third-order valence-corrected chi connectivity index (χ3v) is 11.1. The van der Waals surface area contributed by atoms with Crippen molar-refractivity contribution in [1.29, 1.82) is 0 Å². The Bertz CT molecular complexity index is 2350. The van der Waals surface area contributed by atoms with E-state index in [1.54, 1.807) is 7.11 Å². The molecule has 0 radical (unpaired) electrons. The van der Waals surface area contributed by atoms with E-state index in [2.05, 4.69) is 59.2 Å². The van der Waals surface area contributed by atoms with Gasteiger partial charge in [0.1, 0.15) is 29.5 Å². The van der Waals surface area contributed by atoms with Gasteiger partial charge >= 0.3 is 5.97 Å². The molecule has 56 heavy (non-hydrogen) atoms. The number of methoxy groups -OCH3 is 1. The summed E-state index contributed by atoms with van der Waals surface area (Å²) in [5.74, 6) is 1.25. The summed E-state index contributed by atoms with van der Waals surface area (Å²) in [6.07, 6.45) is 7.02. The Morgan fingerprint density at radius 1 is 0.893 bits per heavy atom. The number of ether oxygens (including phenoxy) is 6. The number of aromatic nitrogens is 3. The van der Waals surface area contributed by atoms with Crippen LogP contribution in [-0.2, 0) is 57.8 Å². The summed E-state index contributed by atoms with van der Waals surface area (Å²) in [5, 5.41) is 8.22. The molecule has 2 aliphatic heterocycles. The first-order valence-electron chi connectivity index (χ1n) is 19.6. The molecule has 2 aromatic heterocycles. The van der Waals surface area contributed by atoms with Crippen molar-refractivity contribution in [2.24, 2.45) is 7.05 Å². The Balaban J connectivity index is 1.14. The number of allylic oxidation sites excluding steroid dienone is 1. The van der Waals surface area contributed by atoms with E-state index in [4.69, 9.17) is 33.5 Å². The summed E-state index contributed by atoms with van der Waals surface area (Å²) in [4.78, 5) is 13.9. The molecule has 1 saturated heterocycles. The van der Waals surface area contributed by atoms with Gasteiger partial charge in [0.15, 0.2) is 0 Å². The number of hydrogen-bond acceptors (Lipinski definition) is 8. The predicted octanol–water partition coefficient (Wildman–Crippen LogP) is 8.70. The predicted molar refractivity (Wildman–Crippen MR) is 216 cm³/mol. The quantitative estimate of drug-likeness (QED) is 0.0696. The van der Waals surface area contributed by atoms with Gasteiger partial charge in [0.05, 0.1) is 43.2 Å². The minimum atomic E-state index is -0.350. The number of hydrogen-bond donors (Lipinski definition) is 0. The Labute approximate surface area is 327 Å². The summed E-state index contributed by atoms with van der Waals surface area (Å²) in [5.41, 5.74) is 6.85. The molecule has 0 aliphatic carbocycles. The standard InChI is InChI=1S/C46H49N3O7/c1-4-54-45(50)44-37(17-11-27-55-41-18-9-13-32-12-5-6-14-35(32)41)36-15-10-16-38-42-39(47-48(2)40(42)31-53-26-8-7-25-49(44)43(36)38)30-56-34-21-19-33(20-22-34)46(51-3)23-28-52-29-24-46/h5-10,12-16,18-22H,4,11,17,23-31H2,1-3H3. The monoisotopic (exact) mass is 755 g/mol. The molecule has 0 saturated carbocycles. The van der Waals surface area contributed by atoms with Crippen molar-refractivity contribution in [2.45, 2.75) is 58.0 Å². The fourth-order valence-electron chi connectivity index (χ4n) is 8.29. The largest absolute Gasteiger partial charge is 0.493 e. The van der Waals surface area contributed by atoms with Crippen molar-refractivity contribution in [1.82, 2.24) is 14.3 Å². The van der Waals surface area contributed by atoms with Gasteiger partial charge in [-0.1, -0.05) is 78.9 Å². The fourth-order valence-corrected chi connectivity index (χ4v) is 8.29. The van der Waals surface area contributed by atoms with Crippen LogP contribution < -0.4 is 9.47 Å². The van der Waals surface area contributed by atoms with Crippen LogP contribution in [0.15, 0.2) is 97.1 Å². The topological polar surface area (TPSA) is 95.2 Å². The van der Waals surface area contributed by atoms with Gasteiger partial charge in [0, 0.05) is 68.7 Å². The number of fused-ring (bicyclic) bond motifs is 3. The van der Waals surface area contributed by atoms with Crippen molar-refractivity contribution < 1.29 is 33.2 Å². The summed E-state index contributed by atoms with van der Waals surface area (Å²) < 4.78 is 40.3. The SMILES string of the molecule is CCOC(=O)c1c(CCCOc2cccc3ccccc23)c2cccc3c2n1CC=CCOCc1c-3c(COc2ccc(C3(OC)CCOCC3)cc2)nn1C. The van der Waals surface area contributed by atoms with Crippen molar-refractivity contribution in [3.05, 3.63) is 125 Å². The number of esters is 1. The van der Waals surface area contributed by atoms with Gasteiger partial charge in [-0.2, -0.15) is 5.10 Å². The van der Waals surface area contributed by atoms with E-state index in [0.29, 0.717) is 58.1 Å². The van der Waals surface area contributed by atoms with Crippen LogP contribution in [0.25, 0.3) is 32.8 Å². The zero-order valence-electron chi connectivity index (χ0n) is 32.4. The maximum absolute atomic E-state index is 13.9. The van der Waals surface area contributed by atoms with Crippen LogP contribution in [0.3, 0.4) is 0 Å². The van der Waals surface area contributed by atoms with E-state index in [1.165, 1.54) is 0 Å². The van der Waals surface area contributed by atoms with E-state index in [1.807, 2.05) is 61.1 Å². The molecule has 10 heteroatoms. The molecule has 0 unspecified atom stereocenters. The molecule has 6 aromatic rings. The van der Waals surface area contributed by atoms with Crippen LogP contribution in [0.5, 0.6) is 11.5 Å². The van der Waals surface area contributed by atoms with Gasteiger partial charge < -0.3 is 33.0 Å². The Kier molecular flexibility index (Phi) is 11.2. The highest BCUT2D eigenvalue weighted by Crippen LogP contribution is 2.40. The lowest BCUT2D eigenvalue weighted by Crippen LogP contribution is -2.35. The lowest BCUT2D eigenvalue weighted by Gasteiger charge is -2.36. The van der Waals surface area contributed by atoms with Crippen molar-refractivity contribution in [2.75, 3.05) is 40.1 Å². The molecular weight excluding hydrogens is 707 g/mol. The molecule has 4 heterocycles. The molecule has 0 bridgehead atoms. The molecular formula is C46H49N3O7. The first-order valence-corrected chi connectivity index (χ1v) is 19.6. The number of carbonyl (C=O) groups excluding carboxylic acids is 1. The van der Waals surface area contributed by atoms with Crippen LogP contribution in [0.1, 0.15) is 59.2 Å². The highest BCUT2D eigenvalue weighted by molar-refractivity contribution is 6.05. The second-order valence-corrected chi connectivity index (χ2v) is 14.3. The van der Waals surface area contributed by atoms with E-state index in [0.717, 1.165) is 79.7 Å². The molecule has 2 aliphatic rings. The van der Waals surface area contributed by atoms with Crippen molar-refractivity contribution >= 4 is 27.6 Å². The number of para-hydroxylation sites is 1. The van der Waals surface area contributed by atoms with E-state index >= 15 is 0 Å². The maximum atomic E-state index is 13.9. The molecule has 0 spiro atoms. The van der Waals surface area contributed by atoms with Gasteiger partial charge in [-0.05, 0) is 54.5 Å². The molecule has 4 aromatic carbocycles. The van der Waals surface area contributed by atoms with E-state index in [9.17, 15) is 4.79 Å². The molecule has 290 valence electrons. The number of aryl methyl sites for hydroxylation is 2. The number of nitrogens with zero attached hydrogens (tertiary/aromatic N) is 3. The molecule has 0 atom stereocenters. The Morgan fingerprint density at radius 2 is 1.68 bits per heavy atom. The first-order chi connectivity index (χ1) is 27.5. The minimum Gasteiger partial charge on any atom is -0.493 e. The first kappa shape index (κ1) is 37.5. The second-order valence-electron chi connectivity index (χ2n) is 14.3. The molecule has 10 nitrogen and oxygen atoms in total. The summed E-state index contributed by atoms with van der Waals surface area (Å²) >= 11 is 0. The van der Waals surface area contributed by atoms with Gasteiger partial charge in [0.25, 0.3) is 0 Å². The van der Waals surface area contributed by atoms with Gasteiger partial charge in [-0.25, -0.2) is 4.79 Å². The third-order valence-electron chi connectivity index (χ3n) is 11.1. The van der Waals surface area contributed by atoms with E-state index in [-0.39, 0.29) is 24.8 Å². The van der Waals surface area contributed by atoms with Crippen LogP contribution in [0.4, 0.5) is 0 Å². The van der Waals surface area contributed by atoms with Crippen LogP contribution in [-0.4, -0.2) is 60.5 Å². The lowest BCUT2D eigenvalue weighted by molar-refractivity contribution is -0.0948. The maximum Gasteiger partial charge on any atom is 0.355 e. The van der Waals surface area contributed by atoms with Crippen LogP contribution in [0, 0.1) is 0 Å². The fraction of sp³-hybridized carbons (Fsp3) is 0.348. The zero-order chi connectivity index (χ0) is 38.5. The molecule has 1 fully saturated rings. The highest BCUT2D eigenvalue weighted by Gasteiger charge is 2.34. The molecule has 0 amide bonds. The average Bonchev–Trinajstić information content (AvgIpc) is 3.72. The smallest absolute Gasteiger partial charge is 0.355 e. The lowest BCUT2D eigenvalue weighted by atomic mass is 9.86. The molecule has 0 N–H and O–H groups in total. The zero-order valence-corrected chi connectivity index (χ0v) is 32.4. The number of benzene rings is 4. The Hall–Kier alpha value is -5.42. The van der Waals surface area contributed by atoms with Gasteiger partial charge in [-0.3, -0.25) is 4.68 Å². The number of rotatable bonds is 12. The summed E-state index contributed by atoms with van der Waals surface area (Å²) in [7, 11) is 3.72. The van der Waals surface area contributed by atoms with Gasteiger partial charge in [-0.15, -0.1) is 0 Å². The van der Waals surface area contributed by atoms with Crippen LogP contribution >= 0.6 is 0 Å². The van der Waals surface area contributed by atoms with Gasteiger partial charge in [0.2, 0.25) is 0 Å². The second kappa shape index (κ2) is 16.8. The average molecular weight is 756 g/mol. The van der Waals surface area contributed by atoms with Crippen LogP contribution in [0.2, 0.25) is 0 Å². The normalized spacial score (nSPS) is 15.3. The Morgan fingerprint density at radius 3 is 2.50 bits per heavy atom. The van der Waals surface area contributed by atoms with Crippen molar-refractivity contribution in [3.63, 3.8) is 0 Å². The highest BCUT2D eigenvalue weighted by atomic mass is 16.5. The van der Waals surface area contributed by atoms with Crippen molar-refractivity contribution in [3.8, 4) is 22.6 Å². The summed E-state index contributed by atoms with van der Waals surface area (Å²) in [6, 6.07) is 28.8. The van der Waals surface area contributed by atoms with E-state index < -0.39 is 0 Å². The summed E-state index contributed by atoms with van der Waals surface area (Å²) in [6.45, 7) is 5.46. The molecule has 8 rings (SSSR count). The third kappa shape index (κ3) is 7.32. The minimum absolute atomic E-state index is 0.240. The number of carbonyl (C=O) groups is 1.